The standard InChI is InChI=1S/C9H8N2O2/c1-13-9(12)8-3-2-6-7(11-8)4-5-10-6/h2-5,10H,1H3. The van der Waals surface area contributed by atoms with E-state index in [4.69, 9.17) is 0 Å². The van der Waals surface area contributed by atoms with Gasteiger partial charge in [-0.2, -0.15) is 0 Å². The van der Waals surface area contributed by atoms with Gasteiger partial charge in [-0.05, 0) is 18.2 Å². The lowest BCUT2D eigenvalue weighted by molar-refractivity contribution is 0.0594. The molecule has 0 fully saturated rings. The molecule has 1 N–H and O–H groups in total. The number of methoxy groups -OCH3 is 1. The van der Waals surface area contributed by atoms with E-state index < -0.39 is 5.97 Å². The van der Waals surface area contributed by atoms with Crippen molar-refractivity contribution >= 4 is 17.0 Å². The average molecular weight is 176 g/mol. The number of pyridine rings is 1. The summed E-state index contributed by atoms with van der Waals surface area (Å²) in [5.41, 5.74) is 2.00. The summed E-state index contributed by atoms with van der Waals surface area (Å²) in [6.07, 6.45) is 1.78. The van der Waals surface area contributed by atoms with Crippen molar-refractivity contribution in [3.05, 3.63) is 30.1 Å². The van der Waals surface area contributed by atoms with E-state index in [-0.39, 0.29) is 0 Å². The summed E-state index contributed by atoms with van der Waals surface area (Å²) in [6, 6.07) is 5.24. The van der Waals surface area contributed by atoms with Crippen LogP contribution in [0.25, 0.3) is 11.0 Å². The Bertz CT molecular complexity index is 448. The molecule has 0 atom stereocenters. The molecule has 2 rings (SSSR count). The van der Waals surface area contributed by atoms with Crippen LogP contribution in [0.15, 0.2) is 24.4 Å². The molecule has 0 aliphatic carbocycles. The predicted molar refractivity (Wildman–Crippen MR) is 47.4 cm³/mol. The van der Waals surface area contributed by atoms with E-state index in [9.17, 15) is 4.79 Å². The molecule has 0 amide bonds. The van der Waals surface area contributed by atoms with E-state index in [1.54, 1.807) is 18.3 Å². The number of hydrogen-bond donors (Lipinski definition) is 1. The third-order valence-corrected chi connectivity index (χ3v) is 1.80. The van der Waals surface area contributed by atoms with Crippen LogP contribution in [0.2, 0.25) is 0 Å². The molecule has 0 aromatic carbocycles. The highest BCUT2D eigenvalue weighted by Crippen LogP contribution is 2.10. The first kappa shape index (κ1) is 7.79. The number of nitrogens with zero attached hydrogens (tertiary/aromatic N) is 1. The van der Waals surface area contributed by atoms with Gasteiger partial charge in [0.25, 0.3) is 0 Å². The van der Waals surface area contributed by atoms with Crippen molar-refractivity contribution in [1.82, 2.24) is 9.97 Å². The second-order valence-electron chi connectivity index (χ2n) is 2.60. The summed E-state index contributed by atoms with van der Waals surface area (Å²) in [5, 5.41) is 0. The van der Waals surface area contributed by atoms with Crippen LogP contribution in [-0.4, -0.2) is 23.0 Å². The summed E-state index contributed by atoms with van der Waals surface area (Å²) >= 11 is 0. The maximum Gasteiger partial charge on any atom is 0.356 e. The van der Waals surface area contributed by atoms with E-state index in [1.165, 1.54) is 7.11 Å². The average Bonchev–Trinajstić information content (AvgIpc) is 2.63. The zero-order valence-electron chi connectivity index (χ0n) is 7.07. The van der Waals surface area contributed by atoms with E-state index >= 15 is 0 Å². The predicted octanol–water partition coefficient (Wildman–Crippen LogP) is 1.35. The van der Waals surface area contributed by atoms with Gasteiger partial charge in [-0.25, -0.2) is 9.78 Å². The van der Waals surface area contributed by atoms with Crippen molar-refractivity contribution < 1.29 is 9.53 Å². The smallest absolute Gasteiger partial charge is 0.356 e. The zero-order chi connectivity index (χ0) is 9.26. The van der Waals surface area contributed by atoms with Crippen molar-refractivity contribution in [2.45, 2.75) is 0 Å². The van der Waals surface area contributed by atoms with Crippen LogP contribution >= 0.6 is 0 Å². The minimum atomic E-state index is -0.414. The number of rotatable bonds is 1. The number of aromatic amines is 1. The number of carbonyl (C=O) groups is 1. The summed E-state index contributed by atoms with van der Waals surface area (Å²) in [7, 11) is 1.34. The van der Waals surface area contributed by atoms with Crippen LogP contribution in [0.5, 0.6) is 0 Å². The second kappa shape index (κ2) is 2.90. The molecule has 2 heterocycles. The molecule has 2 aromatic heterocycles. The normalized spacial score (nSPS) is 10.2. The molecule has 13 heavy (non-hydrogen) atoms. The molecular weight excluding hydrogens is 168 g/mol. The summed E-state index contributed by atoms with van der Waals surface area (Å²) in [5.74, 6) is -0.414. The number of H-pyrrole nitrogens is 1. The number of carbonyl (C=O) groups excluding carboxylic acids is 1. The molecule has 0 saturated heterocycles. The van der Waals surface area contributed by atoms with Crippen molar-refractivity contribution in [2.24, 2.45) is 0 Å². The maximum atomic E-state index is 11.1. The highest BCUT2D eigenvalue weighted by molar-refractivity contribution is 5.90. The number of fused-ring (bicyclic) bond motifs is 1. The molecule has 0 spiro atoms. The molecule has 4 nitrogen and oxygen atoms in total. The van der Waals surface area contributed by atoms with Gasteiger partial charge in [-0.3, -0.25) is 0 Å². The first-order valence-electron chi connectivity index (χ1n) is 3.84. The van der Waals surface area contributed by atoms with Gasteiger partial charge in [0, 0.05) is 6.20 Å². The van der Waals surface area contributed by atoms with Crippen LogP contribution in [0.3, 0.4) is 0 Å². The van der Waals surface area contributed by atoms with Gasteiger partial charge in [-0.15, -0.1) is 0 Å². The van der Waals surface area contributed by atoms with Gasteiger partial charge in [0.05, 0.1) is 18.1 Å². The Morgan fingerprint density at radius 1 is 1.46 bits per heavy atom. The molecule has 4 heteroatoms. The van der Waals surface area contributed by atoms with E-state index in [1.807, 2.05) is 6.07 Å². The Morgan fingerprint density at radius 2 is 2.31 bits per heavy atom. The summed E-state index contributed by atoms with van der Waals surface area (Å²) in [4.78, 5) is 18.2. The first-order valence-corrected chi connectivity index (χ1v) is 3.84. The van der Waals surface area contributed by atoms with E-state index in [2.05, 4.69) is 14.7 Å². The maximum absolute atomic E-state index is 11.1. The first-order chi connectivity index (χ1) is 6.31. The Labute approximate surface area is 74.5 Å². The lowest BCUT2D eigenvalue weighted by atomic mass is 10.3. The Balaban J connectivity index is 2.54. The minimum absolute atomic E-state index is 0.328. The van der Waals surface area contributed by atoms with E-state index in [0.29, 0.717) is 5.69 Å². The fourth-order valence-corrected chi connectivity index (χ4v) is 1.15. The minimum Gasteiger partial charge on any atom is -0.464 e. The third-order valence-electron chi connectivity index (χ3n) is 1.80. The van der Waals surface area contributed by atoms with Crippen LogP contribution < -0.4 is 0 Å². The third kappa shape index (κ3) is 1.26. The molecule has 0 radical (unpaired) electrons. The number of hydrogen-bond acceptors (Lipinski definition) is 3. The van der Waals surface area contributed by atoms with Crippen molar-refractivity contribution in [3.8, 4) is 0 Å². The Morgan fingerprint density at radius 3 is 3.08 bits per heavy atom. The van der Waals surface area contributed by atoms with Crippen LogP contribution in [0.4, 0.5) is 0 Å². The molecule has 66 valence electrons. The largest absolute Gasteiger partial charge is 0.464 e. The van der Waals surface area contributed by atoms with Gasteiger partial charge >= 0.3 is 5.97 Å². The van der Waals surface area contributed by atoms with Crippen LogP contribution in [0, 0.1) is 0 Å². The van der Waals surface area contributed by atoms with Gasteiger partial charge in [0.2, 0.25) is 0 Å². The SMILES string of the molecule is COC(=O)c1ccc2[nH]ccc2n1. The fraction of sp³-hybridized carbons (Fsp3) is 0.111. The van der Waals surface area contributed by atoms with Gasteiger partial charge < -0.3 is 9.72 Å². The molecule has 0 saturated carbocycles. The number of nitrogens with one attached hydrogen (secondary N) is 1. The van der Waals surface area contributed by atoms with E-state index in [0.717, 1.165) is 11.0 Å². The molecular formula is C9H8N2O2. The Hall–Kier alpha value is -1.84. The number of aromatic nitrogens is 2. The lowest BCUT2D eigenvalue weighted by Gasteiger charge is -1.97. The highest BCUT2D eigenvalue weighted by Gasteiger charge is 2.07. The molecule has 2 aromatic rings. The monoisotopic (exact) mass is 176 g/mol. The van der Waals surface area contributed by atoms with Crippen molar-refractivity contribution in [3.63, 3.8) is 0 Å². The van der Waals surface area contributed by atoms with Gasteiger partial charge in [0.1, 0.15) is 5.69 Å². The molecule has 0 aliphatic heterocycles. The topological polar surface area (TPSA) is 55.0 Å². The summed E-state index contributed by atoms with van der Waals surface area (Å²) in [6.45, 7) is 0. The molecule has 0 bridgehead atoms. The number of ether oxygens (including phenoxy) is 1. The van der Waals surface area contributed by atoms with Gasteiger partial charge in [-0.1, -0.05) is 0 Å². The van der Waals surface area contributed by atoms with Crippen LogP contribution in [0.1, 0.15) is 10.5 Å². The quantitative estimate of drug-likeness (QED) is 0.667. The summed E-state index contributed by atoms with van der Waals surface area (Å²) < 4.78 is 4.55. The second-order valence-corrected chi connectivity index (χ2v) is 2.60. The highest BCUT2D eigenvalue weighted by atomic mass is 16.5. The zero-order valence-corrected chi connectivity index (χ0v) is 7.07. The van der Waals surface area contributed by atoms with Crippen LogP contribution in [-0.2, 0) is 4.74 Å². The fourth-order valence-electron chi connectivity index (χ4n) is 1.15. The molecule has 0 unspecified atom stereocenters. The molecule has 0 aliphatic rings. The lowest BCUT2D eigenvalue weighted by Crippen LogP contribution is -2.03. The van der Waals surface area contributed by atoms with Crippen molar-refractivity contribution in [2.75, 3.05) is 7.11 Å². The van der Waals surface area contributed by atoms with Crippen molar-refractivity contribution in [1.29, 1.82) is 0 Å². The van der Waals surface area contributed by atoms with Gasteiger partial charge in [0.15, 0.2) is 0 Å². The number of esters is 1. The Kier molecular flexibility index (Phi) is 1.73.